The first-order chi connectivity index (χ1) is 9.34. The number of aromatic nitrogens is 2. The normalized spacial score (nSPS) is 16.4. The molecule has 1 aromatic carbocycles. The van der Waals surface area contributed by atoms with Crippen LogP contribution < -0.4 is 0 Å². The monoisotopic (exact) mass is 254 g/mol. The minimum Gasteiger partial charge on any atom is -0.272 e. The summed E-state index contributed by atoms with van der Waals surface area (Å²) in [5.74, 6) is 0.666. The maximum absolute atomic E-state index is 12.1. The number of benzene rings is 1. The lowest BCUT2D eigenvalue weighted by Gasteiger charge is -2.22. The number of imidazole rings is 1. The number of carbonyl (C=O) groups is 1. The zero-order valence-electron chi connectivity index (χ0n) is 11.0. The first-order valence-electron chi connectivity index (χ1n) is 6.97. The summed E-state index contributed by atoms with van der Waals surface area (Å²) in [5, 5.41) is 0. The molecule has 1 fully saturated rings. The fourth-order valence-electron chi connectivity index (χ4n) is 2.86. The molecule has 0 N–H and O–H groups in total. The van der Waals surface area contributed by atoms with E-state index in [2.05, 4.69) is 17.1 Å². The minimum atomic E-state index is -0.0207. The van der Waals surface area contributed by atoms with Gasteiger partial charge in [-0.3, -0.25) is 9.36 Å². The van der Waals surface area contributed by atoms with Gasteiger partial charge in [-0.05, 0) is 36.5 Å². The van der Waals surface area contributed by atoms with Crippen LogP contribution in [0.3, 0.4) is 0 Å². The molecule has 3 rings (SSSR count). The van der Waals surface area contributed by atoms with Gasteiger partial charge in [0.2, 0.25) is 0 Å². The molecule has 3 heteroatoms. The molecule has 3 nitrogen and oxygen atoms in total. The Labute approximate surface area is 113 Å². The molecule has 1 aliphatic carbocycles. The topological polar surface area (TPSA) is 34.9 Å². The Balaban J connectivity index is 1.77. The molecule has 0 radical (unpaired) electrons. The smallest absolute Gasteiger partial charge is 0.263 e. The van der Waals surface area contributed by atoms with Crippen molar-refractivity contribution in [1.82, 2.24) is 9.55 Å². The quantitative estimate of drug-likeness (QED) is 0.820. The van der Waals surface area contributed by atoms with Gasteiger partial charge in [0, 0.05) is 18.0 Å². The van der Waals surface area contributed by atoms with Gasteiger partial charge in [-0.25, -0.2) is 4.98 Å². The van der Waals surface area contributed by atoms with Gasteiger partial charge >= 0.3 is 0 Å². The highest BCUT2D eigenvalue weighted by molar-refractivity contribution is 5.95. The lowest BCUT2D eigenvalue weighted by atomic mass is 9.84. The highest BCUT2D eigenvalue weighted by Crippen LogP contribution is 2.32. The van der Waals surface area contributed by atoms with E-state index in [4.69, 9.17) is 0 Å². The third-order valence-electron chi connectivity index (χ3n) is 3.97. The Kier molecular flexibility index (Phi) is 3.45. The average Bonchev–Trinajstić information content (AvgIpc) is 3.02. The van der Waals surface area contributed by atoms with Gasteiger partial charge in [0.25, 0.3) is 5.91 Å². The number of rotatable bonds is 2. The number of carbonyl (C=O) groups excluding carboxylic acids is 1. The van der Waals surface area contributed by atoms with E-state index < -0.39 is 0 Å². The summed E-state index contributed by atoms with van der Waals surface area (Å²) in [4.78, 5) is 16.0. The first kappa shape index (κ1) is 12.2. The second-order valence-corrected chi connectivity index (χ2v) is 5.23. The predicted octanol–water partition coefficient (Wildman–Crippen LogP) is 3.62. The molecule has 0 aliphatic heterocycles. The second-order valence-electron chi connectivity index (χ2n) is 5.23. The van der Waals surface area contributed by atoms with Crippen molar-refractivity contribution in [1.29, 1.82) is 0 Å². The van der Waals surface area contributed by atoms with Crippen LogP contribution >= 0.6 is 0 Å². The molecule has 2 aromatic rings. The van der Waals surface area contributed by atoms with Crippen LogP contribution in [0.15, 0.2) is 43.0 Å². The molecule has 1 heterocycles. The molecular formula is C16H18N2O. The van der Waals surface area contributed by atoms with Gasteiger partial charge in [0.15, 0.2) is 0 Å². The largest absolute Gasteiger partial charge is 0.272 e. The number of hydrogen-bond donors (Lipinski definition) is 0. The van der Waals surface area contributed by atoms with Crippen LogP contribution in [0.2, 0.25) is 0 Å². The Hall–Kier alpha value is -1.90. The van der Waals surface area contributed by atoms with Gasteiger partial charge < -0.3 is 0 Å². The van der Waals surface area contributed by atoms with Crippen molar-refractivity contribution in [3.05, 3.63) is 54.1 Å². The van der Waals surface area contributed by atoms with Crippen LogP contribution in [0, 0.1) is 0 Å². The number of nitrogens with zero attached hydrogens (tertiary/aromatic N) is 2. The van der Waals surface area contributed by atoms with Crippen molar-refractivity contribution < 1.29 is 4.79 Å². The molecule has 0 bridgehead atoms. The summed E-state index contributed by atoms with van der Waals surface area (Å²) in [6, 6.07) is 8.10. The zero-order chi connectivity index (χ0) is 13.1. The van der Waals surface area contributed by atoms with Crippen molar-refractivity contribution in [2.24, 2.45) is 0 Å². The van der Waals surface area contributed by atoms with Gasteiger partial charge in [-0.2, -0.15) is 0 Å². The third kappa shape index (κ3) is 2.60. The van der Waals surface area contributed by atoms with Gasteiger partial charge in [-0.1, -0.05) is 31.4 Å². The zero-order valence-corrected chi connectivity index (χ0v) is 11.0. The van der Waals surface area contributed by atoms with E-state index >= 15 is 0 Å². The molecule has 1 saturated carbocycles. The predicted molar refractivity (Wildman–Crippen MR) is 74.2 cm³/mol. The van der Waals surface area contributed by atoms with E-state index in [1.54, 1.807) is 12.4 Å². The molecule has 0 saturated heterocycles. The highest BCUT2D eigenvalue weighted by Gasteiger charge is 2.16. The van der Waals surface area contributed by atoms with Crippen LogP contribution in [0.25, 0.3) is 0 Å². The van der Waals surface area contributed by atoms with E-state index in [1.807, 2.05) is 12.1 Å². The molecule has 0 unspecified atom stereocenters. The summed E-state index contributed by atoms with van der Waals surface area (Å²) < 4.78 is 1.51. The van der Waals surface area contributed by atoms with Crippen LogP contribution in [0.4, 0.5) is 0 Å². The molecule has 0 spiro atoms. The maximum Gasteiger partial charge on any atom is 0.263 e. The van der Waals surface area contributed by atoms with Crippen LogP contribution in [-0.4, -0.2) is 15.5 Å². The summed E-state index contributed by atoms with van der Waals surface area (Å²) in [6.07, 6.45) is 11.4. The first-order valence-corrected chi connectivity index (χ1v) is 6.97. The molecular weight excluding hydrogens is 236 g/mol. The second kappa shape index (κ2) is 5.39. The Morgan fingerprint density at radius 1 is 1.11 bits per heavy atom. The molecule has 0 amide bonds. The molecule has 0 atom stereocenters. The van der Waals surface area contributed by atoms with E-state index in [0.29, 0.717) is 5.92 Å². The Morgan fingerprint density at radius 2 is 1.84 bits per heavy atom. The SMILES string of the molecule is O=C(c1ccc(C2CCCCC2)cc1)n1ccnc1. The standard InChI is InChI=1S/C16H18N2O/c19-16(18-11-10-17-12-18)15-8-6-14(7-9-15)13-4-2-1-3-5-13/h6-13H,1-5H2. The van der Waals surface area contributed by atoms with Crippen molar-refractivity contribution in [2.45, 2.75) is 38.0 Å². The fourth-order valence-corrected chi connectivity index (χ4v) is 2.86. The minimum absolute atomic E-state index is 0.0207. The third-order valence-corrected chi connectivity index (χ3v) is 3.97. The Morgan fingerprint density at radius 3 is 2.47 bits per heavy atom. The van der Waals surface area contributed by atoms with E-state index in [-0.39, 0.29) is 5.91 Å². The van der Waals surface area contributed by atoms with Gasteiger partial charge in [0.05, 0.1) is 0 Å². The highest BCUT2D eigenvalue weighted by atomic mass is 16.2. The van der Waals surface area contributed by atoms with Crippen LogP contribution in [0.5, 0.6) is 0 Å². The molecule has 98 valence electrons. The Bertz CT molecular complexity index is 537. The van der Waals surface area contributed by atoms with Crippen molar-refractivity contribution >= 4 is 5.91 Å². The van der Waals surface area contributed by atoms with Gasteiger partial charge in [-0.15, -0.1) is 0 Å². The summed E-state index contributed by atoms with van der Waals surface area (Å²) in [5.41, 5.74) is 2.10. The lowest BCUT2D eigenvalue weighted by molar-refractivity contribution is 0.0960. The molecule has 1 aromatic heterocycles. The van der Waals surface area contributed by atoms with Gasteiger partial charge in [0.1, 0.15) is 6.33 Å². The summed E-state index contributed by atoms with van der Waals surface area (Å²) in [6.45, 7) is 0. The summed E-state index contributed by atoms with van der Waals surface area (Å²) in [7, 11) is 0. The van der Waals surface area contributed by atoms with Crippen LogP contribution in [-0.2, 0) is 0 Å². The van der Waals surface area contributed by atoms with Crippen LogP contribution in [0.1, 0.15) is 53.9 Å². The molecule has 1 aliphatic rings. The van der Waals surface area contributed by atoms with Crippen molar-refractivity contribution in [2.75, 3.05) is 0 Å². The fraction of sp³-hybridized carbons (Fsp3) is 0.375. The van der Waals surface area contributed by atoms with Crippen molar-refractivity contribution in [3.8, 4) is 0 Å². The van der Waals surface area contributed by atoms with Crippen molar-refractivity contribution in [3.63, 3.8) is 0 Å². The number of hydrogen-bond acceptors (Lipinski definition) is 2. The summed E-state index contributed by atoms with van der Waals surface area (Å²) >= 11 is 0. The maximum atomic E-state index is 12.1. The average molecular weight is 254 g/mol. The lowest BCUT2D eigenvalue weighted by Crippen LogP contribution is -2.10. The van der Waals surface area contributed by atoms with E-state index in [1.165, 1.54) is 48.6 Å². The van der Waals surface area contributed by atoms with E-state index in [9.17, 15) is 4.79 Å². The van der Waals surface area contributed by atoms with E-state index in [0.717, 1.165) is 5.56 Å². The molecule has 19 heavy (non-hydrogen) atoms.